The number of rotatable bonds is 2. The zero-order valence-corrected chi connectivity index (χ0v) is 12.6. The van der Waals surface area contributed by atoms with E-state index < -0.39 is 0 Å². The number of nitrogens with one attached hydrogen (secondary N) is 1. The number of nitrogens with zero attached hydrogens (tertiary/aromatic N) is 2. The molecule has 1 atom stereocenters. The number of aryl methyl sites for hydroxylation is 1. The van der Waals surface area contributed by atoms with E-state index in [0.717, 1.165) is 28.4 Å². The number of anilines is 1. The van der Waals surface area contributed by atoms with Crippen LogP contribution in [0.3, 0.4) is 0 Å². The van der Waals surface area contributed by atoms with Crippen molar-refractivity contribution in [3.05, 3.63) is 65.9 Å². The normalized spacial score (nSPS) is 15.6. The molecular formula is C18H17N3O. The van der Waals surface area contributed by atoms with Crippen LogP contribution in [0.15, 0.2) is 54.6 Å². The molecule has 0 aliphatic carbocycles. The van der Waals surface area contributed by atoms with E-state index >= 15 is 0 Å². The summed E-state index contributed by atoms with van der Waals surface area (Å²) >= 11 is 0. The summed E-state index contributed by atoms with van der Waals surface area (Å²) in [5.41, 5.74) is 5.64. The molecule has 1 aliphatic rings. The third kappa shape index (κ3) is 1.96. The first-order chi connectivity index (χ1) is 10.8. The Morgan fingerprint density at radius 1 is 1.09 bits per heavy atom. The highest BCUT2D eigenvalue weighted by Crippen LogP contribution is 2.38. The van der Waals surface area contributed by atoms with Gasteiger partial charge < -0.3 is 10.1 Å². The Bertz CT molecular complexity index is 821. The lowest BCUT2D eigenvalue weighted by Crippen LogP contribution is -2.25. The van der Waals surface area contributed by atoms with E-state index in [1.807, 2.05) is 19.1 Å². The van der Waals surface area contributed by atoms with Gasteiger partial charge in [0, 0.05) is 11.3 Å². The third-order valence-corrected chi connectivity index (χ3v) is 4.03. The van der Waals surface area contributed by atoms with Gasteiger partial charge in [0.25, 0.3) is 0 Å². The molecule has 0 spiro atoms. The lowest BCUT2D eigenvalue weighted by molar-refractivity contribution is 0.414. The van der Waals surface area contributed by atoms with Crippen molar-refractivity contribution in [3.8, 4) is 17.0 Å². The molecule has 1 unspecified atom stereocenters. The van der Waals surface area contributed by atoms with Crippen LogP contribution in [-0.2, 0) is 0 Å². The predicted octanol–water partition coefficient (Wildman–Crippen LogP) is 3.84. The standard InChI is InChI=1S/C18H17N3O/c1-12-11-17-15-5-3-4-6-16(15)19-18(21(17)20-12)13-7-9-14(22-2)10-8-13/h3-11,18-19H,1-2H3. The van der Waals surface area contributed by atoms with Crippen molar-refractivity contribution >= 4 is 5.69 Å². The summed E-state index contributed by atoms with van der Waals surface area (Å²) in [6.07, 6.45) is -0.00972. The number of benzene rings is 2. The van der Waals surface area contributed by atoms with Crippen LogP contribution >= 0.6 is 0 Å². The minimum absolute atomic E-state index is 0.00972. The van der Waals surface area contributed by atoms with Gasteiger partial charge >= 0.3 is 0 Å². The first-order valence-electron chi connectivity index (χ1n) is 7.32. The van der Waals surface area contributed by atoms with E-state index in [4.69, 9.17) is 4.74 Å². The van der Waals surface area contributed by atoms with E-state index in [2.05, 4.69) is 57.6 Å². The SMILES string of the molecule is COc1ccc(C2Nc3ccccc3-c3cc(C)nn32)cc1. The lowest BCUT2D eigenvalue weighted by Gasteiger charge is -2.29. The molecule has 0 radical (unpaired) electrons. The molecule has 0 saturated heterocycles. The largest absolute Gasteiger partial charge is 0.497 e. The maximum atomic E-state index is 5.24. The van der Waals surface area contributed by atoms with Crippen LogP contribution in [0.25, 0.3) is 11.3 Å². The van der Waals surface area contributed by atoms with Crippen molar-refractivity contribution in [2.45, 2.75) is 13.1 Å². The predicted molar refractivity (Wildman–Crippen MR) is 87.2 cm³/mol. The summed E-state index contributed by atoms with van der Waals surface area (Å²) < 4.78 is 7.30. The van der Waals surface area contributed by atoms with E-state index in [1.54, 1.807) is 7.11 Å². The van der Waals surface area contributed by atoms with Crippen LogP contribution in [-0.4, -0.2) is 16.9 Å². The van der Waals surface area contributed by atoms with Gasteiger partial charge in [-0.2, -0.15) is 5.10 Å². The Kier molecular flexibility index (Phi) is 2.89. The van der Waals surface area contributed by atoms with E-state index in [0.29, 0.717) is 0 Å². The molecular weight excluding hydrogens is 274 g/mol. The number of ether oxygens (including phenoxy) is 1. The van der Waals surface area contributed by atoms with Gasteiger partial charge in [-0.1, -0.05) is 30.3 Å². The molecule has 4 heteroatoms. The summed E-state index contributed by atoms with van der Waals surface area (Å²) in [7, 11) is 1.68. The number of para-hydroxylation sites is 1. The Hall–Kier alpha value is -2.75. The van der Waals surface area contributed by atoms with Crippen LogP contribution in [0.5, 0.6) is 5.75 Å². The van der Waals surface area contributed by atoms with Gasteiger partial charge in [-0.3, -0.25) is 0 Å². The average molecular weight is 291 g/mol. The Balaban J connectivity index is 1.84. The molecule has 2 aromatic carbocycles. The van der Waals surface area contributed by atoms with Gasteiger partial charge in [0.15, 0.2) is 0 Å². The van der Waals surface area contributed by atoms with Crippen LogP contribution in [0.2, 0.25) is 0 Å². The number of hydrogen-bond donors (Lipinski definition) is 1. The minimum Gasteiger partial charge on any atom is -0.497 e. The van der Waals surface area contributed by atoms with Gasteiger partial charge in [0.2, 0.25) is 0 Å². The van der Waals surface area contributed by atoms with Gasteiger partial charge in [-0.15, -0.1) is 0 Å². The molecule has 2 heterocycles. The zero-order valence-electron chi connectivity index (χ0n) is 12.6. The van der Waals surface area contributed by atoms with Crippen molar-refractivity contribution in [2.24, 2.45) is 0 Å². The van der Waals surface area contributed by atoms with Crippen molar-refractivity contribution in [2.75, 3.05) is 12.4 Å². The number of aromatic nitrogens is 2. The Morgan fingerprint density at radius 2 is 1.86 bits per heavy atom. The van der Waals surface area contributed by atoms with Crippen molar-refractivity contribution < 1.29 is 4.74 Å². The highest BCUT2D eigenvalue weighted by Gasteiger charge is 2.25. The fourth-order valence-corrected chi connectivity index (χ4v) is 2.97. The topological polar surface area (TPSA) is 39.1 Å². The van der Waals surface area contributed by atoms with E-state index in [1.165, 1.54) is 5.56 Å². The molecule has 22 heavy (non-hydrogen) atoms. The molecule has 0 saturated carbocycles. The summed E-state index contributed by atoms with van der Waals surface area (Å²) in [5, 5.41) is 8.25. The second kappa shape index (κ2) is 4.91. The molecule has 0 fully saturated rings. The van der Waals surface area contributed by atoms with Crippen LogP contribution in [0.1, 0.15) is 17.4 Å². The summed E-state index contributed by atoms with van der Waals surface area (Å²) in [4.78, 5) is 0. The van der Waals surface area contributed by atoms with Crippen molar-refractivity contribution in [3.63, 3.8) is 0 Å². The second-order valence-corrected chi connectivity index (χ2v) is 5.48. The fourth-order valence-electron chi connectivity index (χ4n) is 2.97. The molecule has 1 aromatic heterocycles. The van der Waals surface area contributed by atoms with Gasteiger partial charge in [-0.25, -0.2) is 4.68 Å². The van der Waals surface area contributed by atoms with E-state index in [-0.39, 0.29) is 6.17 Å². The molecule has 1 N–H and O–H groups in total. The maximum Gasteiger partial charge on any atom is 0.147 e. The maximum absolute atomic E-state index is 5.24. The molecule has 110 valence electrons. The highest BCUT2D eigenvalue weighted by molar-refractivity contribution is 5.78. The zero-order chi connectivity index (χ0) is 15.1. The van der Waals surface area contributed by atoms with E-state index in [9.17, 15) is 0 Å². The first-order valence-corrected chi connectivity index (χ1v) is 7.32. The van der Waals surface area contributed by atoms with Crippen LogP contribution in [0.4, 0.5) is 5.69 Å². The lowest BCUT2D eigenvalue weighted by atomic mass is 10.0. The second-order valence-electron chi connectivity index (χ2n) is 5.48. The number of fused-ring (bicyclic) bond motifs is 3. The van der Waals surface area contributed by atoms with Gasteiger partial charge in [0.05, 0.1) is 18.5 Å². The van der Waals surface area contributed by atoms with Crippen LogP contribution in [0, 0.1) is 6.92 Å². The molecule has 1 aliphatic heterocycles. The fraction of sp³-hybridized carbons (Fsp3) is 0.167. The van der Waals surface area contributed by atoms with Crippen molar-refractivity contribution in [1.29, 1.82) is 0 Å². The molecule has 4 nitrogen and oxygen atoms in total. The van der Waals surface area contributed by atoms with Gasteiger partial charge in [-0.05, 0) is 36.8 Å². The Labute approximate surface area is 129 Å². The first kappa shape index (κ1) is 13.0. The van der Waals surface area contributed by atoms with Gasteiger partial charge in [0.1, 0.15) is 11.9 Å². The third-order valence-electron chi connectivity index (χ3n) is 4.03. The molecule has 4 rings (SSSR count). The monoisotopic (exact) mass is 291 g/mol. The number of methoxy groups -OCH3 is 1. The minimum atomic E-state index is -0.00972. The molecule has 3 aromatic rings. The van der Waals surface area contributed by atoms with Crippen molar-refractivity contribution in [1.82, 2.24) is 9.78 Å². The summed E-state index contributed by atoms with van der Waals surface area (Å²) in [6.45, 7) is 2.03. The molecule has 0 amide bonds. The molecule has 0 bridgehead atoms. The smallest absolute Gasteiger partial charge is 0.147 e. The Morgan fingerprint density at radius 3 is 2.64 bits per heavy atom. The summed E-state index contributed by atoms with van der Waals surface area (Å²) in [6, 6.07) is 18.6. The highest BCUT2D eigenvalue weighted by atomic mass is 16.5. The summed E-state index contributed by atoms with van der Waals surface area (Å²) in [5.74, 6) is 0.858. The average Bonchev–Trinajstić information content (AvgIpc) is 2.96. The van der Waals surface area contributed by atoms with Crippen LogP contribution < -0.4 is 10.1 Å². The quantitative estimate of drug-likeness (QED) is 0.779. The number of hydrogen-bond acceptors (Lipinski definition) is 3.